The van der Waals surface area contributed by atoms with Gasteiger partial charge in [0.05, 0.1) is 12.2 Å². The van der Waals surface area contributed by atoms with Crippen molar-refractivity contribution in [2.75, 3.05) is 20.6 Å². The van der Waals surface area contributed by atoms with E-state index in [9.17, 15) is 0 Å². The summed E-state index contributed by atoms with van der Waals surface area (Å²) in [5.74, 6) is 0.810. The van der Waals surface area contributed by atoms with E-state index in [-0.39, 0.29) is 24.0 Å². The van der Waals surface area contributed by atoms with Gasteiger partial charge >= 0.3 is 0 Å². The SMILES string of the molecule is CN=C(NCCC(C)N(C)Cc1ccccc1)NCc1cn2ccsc2n1.I. The first-order valence-electron chi connectivity index (χ1n) is 9.25. The van der Waals surface area contributed by atoms with Crippen molar-refractivity contribution in [2.45, 2.75) is 32.5 Å². The number of hydrogen-bond acceptors (Lipinski definition) is 4. The summed E-state index contributed by atoms with van der Waals surface area (Å²) in [6.45, 7) is 4.76. The first kappa shape index (κ1) is 22.6. The number of halogens is 1. The minimum atomic E-state index is 0. The summed E-state index contributed by atoms with van der Waals surface area (Å²) in [5, 5.41) is 8.77. The molecule has 0 saturated heterocycles. The van der Waals surface area contributed by atoms with Gasteiger partial charge in [-0.25, -0.2) is 4.98 Å². The van der Waals surface area contributed by atoms with Crippen LogP contribution in [0.3, 0.4) is 0 Å². The minimum absolute atomic E-state index is 0. The van der Waals surface area contributed by atoms with E-state index in [2.05, 4.69) is 69.8 Å². The Hall–Kier alpha value is -1.65. The Bertz CT molecular complexity index is 831. The zero-order valence-electron chi connectivity index (χ0n) is 16.6. The van der Waals surface area contributed by atoms with Crippen molar-refractivity contribution >= 4 is 46.2 Å². The summed E-state index contributed by atoms with van der Waals surface area (Å²) in [6.07, 6.45) is 5.12. The summed E-state index contributed by atoms with van der Waals surface area (Å²) in [5.41, 5.74) is 2.36. The Labute approximate surface area is 188 Å². The smallest absolute Gasteiger partial charge is 0.193 e. The van der Waals surface area contributed by atoms with Crippen LogP contribution in [0.25, 0.3) is 4.96 Å². The lowest BCUT2D eigenvalue weighted by molar-refractivity contribution is 0.238. The number of aliphatic imine (C=N–C) groups is 1. The molecule has 6 nitrogen and oxygen atoms in total. The van der Waals surface area contributed by atoms with Gasteiger partial charge in [-0.2, -0.15) is 0 Å². The van der Waals surface area contributed by atoms with E-state index in [1.165, 1.54) is 5.56 Å². The molecule has 2 heterocycles. The molecule has 152 valence electrons. The van der Waals surface area contributed by atoms with Crippen LogP contribution in [-0.4, -0.2) is 46.9 Å². The van der Waals surface area contributed by atoms with Crippen molar-refractivity contribution in [2.24, 2.45) is 4.99 Å². The molecule has 0 aliphatic heterocycles. The number of fused-ring (bicyclic) bond motifs is 1. The van der Waals surface area contributed by atoms with E-state index in [4.69, 9.17) is 0 Å². The van der Waals surface area contributed by atoms with E-state index >= 15 is 0 Å². The fourth-order valence-corrected chi connectivity index (χ4v) is 3.62. The molecule has 0 aliphatic carbocycles. The van der Waals surface area contributed by atoms with Crippen molar-refractivity contribution in [3.63, 3.8) is 0 Å². The maximum atomic E-state index is 4.58. The summed E-state index contributed by atoms with van der Waals surface area (Å²) < 4.78 is 2.04. The largest absolute Gasteiger partial charge is 0.356 e. The second kappa shape index (κ2) is 11.4. The van der Waals surface area contributed by atoms with Crippen molar-refractivity contribution in [3.8, 4) is 0 Å². The molecule has 2 N–H and O–H groups in total. The van der Waals surface area contributed by atoms with Crippen LogP contribution in [0, 0.1) is 0 Å². The molecule has 0 saturated carbocycles. The molecular formula is C20H29IN6S. The lowest BCUT2D eigenvalue weighted by Gasteiger charge is -2.25. The number of benzene rings is 1. The van der Waals surface area contributed by atoms with Gasteiger partial charge < -0.3 is 10.6 Å². The van der Waals surface area contributed by atoms with E-state index in [1.807, 2.05) is 22.2 Å². The van der Waals surface area contributed by atoms with Crippen LogP contribution >= 0.6 is 35.3 Å². The molecule has 0 radical (unpaired) electrons. The quantitative estimate of drug-likeness (QED) is 0.275. The number of thiazole rings is 1. The molecule has 28 heavy (non-hydrogen) atoms. The van der Waals surface area contributed by atoms with Gasteiger partial charge in [-0.1, -0.05) is 30.3 Å². The maximum absolute atomic E-state index is 4.58. The van der Waals surface area contributed by atoms with Crippen LogP contribution in [0.15, 0.2) is 53.1 Å². The fourth-order valence-electron chi connectivity index (χ4n) is 2.90. The molecule has 3 rings (SSSR count). The van der Waals surface area contributed by atoms with Crippen LogP contribution < -0.4 is 10.6 Å². The lowest BCUT2D eigenvalue weighted by Crippen LogP contribution is -2.39. The molecule has 1 aromatic carbocycles. The molecule has 2 aromatic heterocycles. The van der Waals surface area contributed by atoms with Crippen LogP contribution in [0.1, 0.15) is 24.6 Å². The Morgan fingerprint density at radius 3 is 2.79 bits per heavy atom. The van der Waals surface area contributed by atoms with Crippen LogP contribution in [0.4, 0.5) is 0 Å². The molecule has 3 aromatic rings. The Morgan fingerprint density at radius 2 is 2.07 bits per heavy atom. The predicted molar refractivity (Wildman–Crippen MR) is 129 cm³/mol. The van der Waals surface area contributed by atoms with Gasteiger partial charge in [-0.05, 0) is 26.0 Å². The zero-order valence-corrected chi connectivity index (χ0v) is 19.8. The molecule has 1 unspecified atom stereocenters. The van der Waals surface area contributed by atoms with E-state index in [1.54, 1.807) is 18.4 Å². The number of aromatic nitrogens is 2. The third-order valence-electron chi connectivity index (χ3n) is 4.69. The average Bonchev–Trinajstić information content (AvgIpc) is 3.26. The van der Waals surface area contributed by atoms with Gasteiger partial charge in [0.15, 0.2) is 10.9 Å². The maximum Gasteiger partial charge on any atom is 0.193 e. The molecule has 0 bridgehead atoms. The van der Waals surface area contributed by atoms with Crippen molar-refractivity contribution in [1.82, 2.24) is 24.9 Å². The third-order valence-corrected chi connectivity index (χ3v) is 5.46. The number of rotatable bonds is 8. The highest BCUT2D eigenvalue weighted by Gasteiger charge is 2.10. The summed E-state index contributed by atoms with van der Waals surface area (Å²) in [7, 11) is 3.97. The third kappa shape index (κ3) is 6.46. The Balaban J connectivity index is 0.00000280. The highest BCUT2D eigenvalue weighted by Crippen LogP contribution is 2.11. The Morgan fingerprint density at radius 1 is 1.29 bits per heavy atom. The van der Waals surface area contributed by atoms with Gasteiger partial charge in [0.2, 0.25) is 0 Å². The van der Waals surface area contributed by atoms with Crippen LogP contribution in [0.2, 0.25) is 0 Å². The number of guanidine groups is 1. The van der Waals surface area contributed by atoms with Gasteiger partial charge in [0.1, 0.15) is 0 Å². The van der Waals surface area contributed by atoms with Crippen molar-refractivity contribution in [3.05, 3.63) is 59.4 Å². The van der Waals surface area contributed by atoms with Crippen molar-refractivity contribution in [1.29, 1.82) is 0 Å². The molecule has 0 spiro atoms. The second-order valence-corrected chi connectivity index (χ2v) is 7.59. The van der Waals surface area contributed by atoms with Crippen LogP contribution in [0.5, 0.6) is 0 Å². The van der Waals surface area contributed by atoms with Crippen LogP contribution in [-0.2, 0) is 13.1 Å². The highest BCUT2D eigenvalue weighted by atomic mass is 127. The minimum Gasteiger partial charge on any atom is -0.356 e. The van der Waals surface area contributed by atoms with Gasteiger partial charge in [0, 0.05) is 44.0 Å². The number of hydrogen-bond donors (Lipinski definition) is 2. The monoisotopic (exact) mass is 512 g/mol. The van der Waals surface area contributed by atoms with Gasteiger partial charge in [-0.15, -0.1) is 35.3 Å². The summed E-state index contributed by atoms with van der Waals surface area (Å²) >= 11 is 1.64. The average molecular weight is 512 g/mol. The van der Waals surface area contributed by atoms with Gasteiger partial charge in [-0.3, -0.25) is 14.3 Å². The van der Waals surface area contributed by atoms with E-state index in [0.717, 1.165) is 36.1 Å². The first-order valence-corrected chi connectivity index (χ1v) is 10.1. The van der Waals surface area contributed by atoms with E-state index in [0.29, 0.717) is 12.6 Å². The molecule has 0 fully saturated rings. The number of nitrogens with one attached hydrogen (secondary N) is 2. The fraction of sp³-hybridized carbons (Fsp3) is 0.400. The van der Waals surface area contributed by atoms with Crippen molar-refractivity contribution < 1.29 is 0 Å². The first-order chi connectivity index (χ1) is 13.2. The molecule has 8 heteroatoms. The standard InChI is InChI=1S/C20H28N6S.HI/c1-16(25(3)14-17-7-5-4-6-8-17)9-10-22-19(21-2)23-13-18-15-26-11-12-27-20(26)24-18;/h4-8,11-12,15-16H,9-10,13-14H2,1-3H3,(H2,21,22,23);1H. The summed E-state index contributed by atoms with van der Waals surface area (Å²) in [6, 6.07) is 11.1. The Kier molecular flexibility index (Phi) is 9.20. The molecular weight excluding hydrogens is 483 g/mol. The zero-order chi connectivity index (χ0) is 19.1. The highest BCUT2D eigenvalue weighted by molar-refractivity contribution is 14.0. The molecule has 0 amide bonds. The second-order valence-electron chi connectivity index (χ2n) is 6.72. The summed E-state index contributed by atoms with van der Waals surface area (Å²) in [4.78, 5) is 12.3. The topological polar surface area (TPSA) is 57.0 Å². The molecule has 1 atom stereocenters. The van der Waals surface area contributed by atoms with E-state index < -0.39 is 0 Å². The number of nitrogens with zero attached hydrogens (tertiary/aromatic N) is 4. The predicted octanol–water partition coefficient (Wildman–Crippen LogP) is 3.59. The lowest BCUT2D eigenvalue weighted by atomic mass is 10.1. The normalized spacial score (nSPS) is 12.8. The van der Waals surface area contributed by atoms with Gasteiger partial charge in [0.25, 0.3) is 0 Å². The molecule has 0 aliphatic rings. The number of imidazole rings is 1.